The van der Waals surface area contributed by atoms with Crippen LogP contribution in [0.4, 0.5) is 9.59 Å². The number of methoxy groups -OCH3 is 2. The predicted molar refractivity (Wildman–Crippen MR) is 235 cm³/mol. The molecular formula is C47H56N8O8. The quantitative estimate of drug-likeness (QED) is 0.117. The first-order chi connectivity index (χ1) is 30.4. The smallest absolute Gasteiger partial charge is 0.407 e. The number of hydrogen-bond acceptors (Lipinski definition) is 10. The lowest BCUT2D eigenvalue weighted by atomic mass is 9.90. The second-order valence-electron chi connectivity index (χ2n) is 17.8. The van der Waals surface area contributed by atoms with Gasteiger partial charge in [-0.3, -0.25) is 9.59 Å². The predicted octanol–water partition coefficient (Wildman–Crippen LogP) is 7.30. The molecule has 0 spiro atoms. The summed E-state index contributed by atoms with van der Waals surface area (Å²) in [6, 6.07) is 12.6. The van der Waals surface area contributed by atoms with Crippen molar-refractivity contribution in [2.45, 2.75) is 109 Å². The molecule has 0 aliphatic carbocycles. The number of aromatic amines is 2. The van der Waals surface area contributed by atoms with E-state index in [0.717, 1.165) is 87.0 Å². The van der Waals surface area contributed by atoms with E-state index in [2.05, 4.69) is 63.9 Å². The minimum Gasteiger partial charge on any atom is -0.488 e. The molecule has 0 saturated carbocycles. The molecule has 2 aromatic heterocycles. The zero-order valence-electron chi connectivity index (χ0n) is 36.7. The summed E-state index contributed by atoms with van der Waals surface area (Å²) in [5.41, 5.74) is 6.58. The molecule has 5 aromatic rings. The molecule has 4 aliphatic rings. The molecule has 4 N–H and O–H groups in total. The van der Waals surface area contributed by atoms with Crippen LogP contribution in [0.2, 0.25) is 0 Å². The van der Waals surface area contributed by atoms with Gasteiger partial charge in [-0.1, -0.05) is 32.0 Å². The summed E-state index contributed by atoms with van der Waals surface area (Å²) < 4.78 is 21.8. The summed E-state index contributed by atoms with van der Waals surface area (Å²) in [7, 11) is 2.60. The Bertz CT molecular complexity index is 2560. The molecule has 4 amide bonds. The Kier molecular flexibility index (Phi) is 11.5. The Morgan fingerprint density at radius 3 is 2.21 bits per heavy atom. The topological polar surface area (TPSA) is 193 Å². The van der Waals surface area contributed by atoms with Crippen molar-refractivity contribution in [2.75, 3.05) is 27.4 Å². The van der Waals surface area contributed by atoms with Gasteiger partial charge >= 0.3 is 12.2 Å². The Balaban J connectivity index is 0.964. The maximum absolute atomic E-state index is 14.4. The normalized spacial score (nSPS) is 22.1. The van der Waals surface area contributed by atoms with Crippen LogP contribution in [0.15, 0.2) is 48.7 Å². The number of amides is 4. The standard InChI is InChI=1S/C47H56N8O8/c1-24(2)39(52-46(58)60-5)44(56)54-25(3)7-13-36(54)42-48-22-35(50-42)29-9-11-31-30(19-29)23-63-38-21-32-28(20-33(31)38)10-12-34-41(32)51-43(49-34)37-14-8-26(4)55(37)45(57)40(53-47(59)61-6)27-15-17-62-18-16-27/h9-12,19-22,24-27,36-37,39-40H,7-8,13-18,23H2,1-6H3,(H,48,50)(H,49,51)(H,52,58)(H,53,59)/t25-,26-,36-,37-,39-,40-/m0/s1. The average Bonchev–Trinajstić information content (AvgIpc) is 4.12. The number of alkyl carbamates (subject to hydrolysis) is 2. The first-order valence-corrected chi connectivity index (χ1v) is 22.1. The van der Waals surface area contributed by atoms with Crippen molar-refractivity contribution in [3.05, 3.63) is 65.9 Å². The van der Waals surface area contributed by atoms with Crippen LogP contribution in [0.3, 0.4) is 0 Å². The van der Waals surface area contributed by atoms with Crippen molar-refractivity contribution in [2.24, 2.45) is 11.8 Å². The minimum absolute atomic E-state index is 0.0179. The molecule has 3 aromatic carbocycles. The number of carbonyl (C=O) groups excluding carboxylic acids is 4. The van der Waals surface area contributed by atoms with E-state index < -0.39 is 24.3 Å². The van der Waals surface area contributed by atoms with Crippen LogP contribution in [0, 0.1) is 11.8 Å². The Morgan fingerprint density at radius 2 is 1.49 bits per heavy atom. The molecule has 16 heteroatoms. The van der Waals surface area contributed by atoms with E-state index in [0.29, 0.717) is 38.5 Å². The van der Waals surface area contributed by atoms with Crippen LogP contribution in [-0.2, 0) is 30.4 Å². The van der Waals surface area contributed by atoms with Crippen LogP contribution in [0.5, 0.6) is 5.75 Å². The van der Waals surface area contributed by atoms with Crippen LogP contribution in [-0.4, -0.2) is 105 Å². The number of fused-ring (bicyclic) bond motifs is 6. The van der Waals surface area contributed by atoms with Gasteiger partial charge in [-0.05, 0) is 111 Å². The van der Waals surface area contributed by atoms with E-state index in [1.807, 2.05) is 42.8 Å². The number of imidazole rings is 2. The Labute approximate surface area is 365 Å². The van der Waals surface area contributed by atoms with E-state index in [1.54, 1.807) is 0 Å². The third-order valence-corrected chi connectivity index (χ3v) is 13.6. The third kappa shape index (κ3) is 7.82. The summed E-state index contributed by atoms with van der Waals surface area (Å²) >= 11 is 0. The average molecular weight is 861 g/mol. The molecule has 63 heavy (non-hydrogen) atoms. The highest BCUT2D eigenvalue weighted by Crippen LogP contribution is 2.44. The van der Waals surface area contributed by atoms with Gasteiger partial charge in [-0.15, -0.1) is 0 Å². The Morgan fingerprint density at radius 1 is 0.794 bits per heavy atom. The fourth-order valence-corrected chi connectivity index (χ4v) is 10.2. The molecule has 3 fully saturated rings. The zero-order chi connectivity index (χ0) is 44.1. The number of hydrogen-bond donors (Lipinski definition) is 4. The molecule has 6 heterocycles. The molecule has 0 bridgehead atoms. The van der Waals surface area contributed by atoms with Gasteiger partial charge in [0, 0.05) is 36.2 Å². The number of benzene rings is 3. The maximum atomic E-state index is 14.4. The molecule has 332 valence electrons. The van der Waals surface area contributed by atoms with Crippen LogP contribution < -0.4 is 15.4 Å². The summed E-state index contributed by atoms with van der Waals surface area (Å²) in [4.78, 5) is 73.6. The highest BCUT2D eigenvalue weighted by atomic mass is 16.5. The second kappa shape index (κ2) is 17.2. The van der Waals surface area contributed by atoms with E-state index >= 15 is 0 Å². The summed E-state index contributed by atoms with van der Waals surface area (Å²) in [6.45, 7) is 9.36. The van der Waals surface area contributed by atoms with Gasteiger partial charge in [0.25, 0.3) is 0 Å². The zero-order valence-corrected chi connectivity index (χ0v) is 36.7. The van der Waals surface area contributed by atoms with E-state index in [1.165, 1.54) is 14.2 Å². The lowest BCUT2D eigenvalue weighted by molar-refractivity contribution is -0.139. The van der Waals surface area contributed by atoms with Gasteiger partial charge in [-0.25, -0.2) is 19.6 Å². The number of nitrogens with zero attached hydrogens (tertiary/aromatic N) is 4. The number of carbonyl (C=O) groups is 4. The first kappa shape index (κ1) is 42.2. The molecule has 16 nitrogen and oxygen atoms in total. The van der Waals surface area contributed by atoms with Crippen molar-refractivity contribution < 1.29 is 38.1 Å². The summed E-state index contributed by atoms with van der Waals surface area (Å²) in [5.74, 6) is 1.73. The van der Waals surface area contributed by atoms with Gasteiger partial charge in [0.15, 0.2) is 0 Å². The molecule has 9 rings (SSSR count). The fourth-order valence-electron chi connectivity index (χ4n) is 10.2. The molecule has 3 saturated heterocycles. The van der Waals surface area contributed by atoms with Crippen LogP contribution in [0.25, 0.3) is 44.2 Å². The number of aromatic nitrogens is 4. The minimum atomic E-state index is -0.722. The van der Waals surface area contributed by atoms with E-state index in [-0.39, 0.29) is 47.8 Å². The molecule has 0 unspecified atom stereocenters. The highest BCUT2D eigenvalue weighted by molar-refractivity contribution is 6.07. The monoisotopic (exact) mass is 860 g/mol. The number of ether oxygens (including phenoxy) is 4. The molecule has 0 radical (unpaired) electrons. The second-order valence-corrected chi connectivity index (χ2v) is 17.8. The molecule has 4 aliphatic heterocycles. The van der Waals surface area contributed by atoms with Crippen molar-refractivity contribution in [1.82, 2.24) is 40.4 Å². The van der Waals surface area contributed by atoms with E-state index in [4.69, 9.17) is 28.9 Å². The van der Waals surface area contributed by atoms with Gasteiger partial charge in [0.05, 0.1) is 49.2 Å². The number of H-pyrrole nitrogens is 2. The number of nitrogens with one attached hydrogen (secondary N) is 4. The fraction of sp³-hybridized carbons (Fsp3) is 0.489. The first-order valence-electron chi connectivity index (χ1n) is 22.1. The largest absolute Gasteiger partial charge is 0.488 e. The van der Waals surface area contributed by atoms with Crippen molar-refractivity contribution in [3.8, 4) is 28.1 Å². The lowest BCUT2D eigenvalue weighted by Gasteiger charge is -2.36. The van der Waals surface area contributed by atoms with Gasteiger partial charge in [0.2, 0.25) is 11.8 Å². The van der Waals surface area contributed by atoms with Gasteiger partial charge in [0.1, 0.15) is 36.1 Å². The van der Waals surface area contributed by atoms with Crippen molar-refractivity contribution in [1.29, 1.82) is 0 Å². The number of likely N-dealkylation sites (tertiary alicyclic amines) is 2. The van der Waals surface area contributed by atoms with Crippen LogP contribution in [0.1, 0.15) is 95.5 Å². The number of rotatable bonds is 9. The Hall–Kier alpha value is -6.16. The van der Waals surface area contributed by atoms with Gasteiger partial charge < -0.3 is 49.3 Å². The summed E-state index contributed by atoms with van der Waals surface area (Å²) in [5, 5.41) is 7.54. The summed E-state index contributed by atoms with van der Waals surface area (Å²) in [6.07, 6.45) is 5.04. The van der Waals surface area contributed by atoms with E-state index in [9.17, 15) is 19.2 Å². The molecule has 6 atom stereocenters. The third-order valence-electron chi connectivity index (χ3n) is 13.6. The lowest BCUT2D eigenvalue weighted by Crippen LogP contribution is -2.54. The maximum Gasteiger partial charge on any atom is 0.407 e. The SMILES string of the molecule is COC(=O)N[C@H](C(=O)N1[C@@H](C)CC[C@H]1c1ncc(-c2ccc3c(c2)COc2cc4c(ccc5[nH]c([C@@H]6CC[C@H](C)N6C(=O)[C@@H](NC(=O)OC)C6CCOCC6)nc54)cc2-3)[nH]1)C(C)C. The molecular weight excluding hydrogens is 805 g/mol. The highest BCUT2D eigenvalue weighted by Gasteiger charge is 2.44. The van der Waals surface area contributed by atoms with Crippen LogP contribution >= 0.6 is 0 Å². The van der Waals surface area contributed by atoms with Crippen molar-refractivity contribution in [3.63, 3.8) is 0 Å². The van der Waals surface area contributed by atoms with Gasteiger partial charge in [-0.2, -0.15) is 0 Å². The van der Waals surface area contributed by atoms with Crippen molar-refractivity contribution >= 4 is 45.8 Å².